The first-order chi connectivity index (χ1) is 10.5. The molecule has 0 bridgehead atoms. The van der Waals surface area contributed by atoms with Crippen molar-refractivity contribution in [2.45, 2.75) is 12.5 Å². The summed E-state index contributed by atoms with van der Waals surface area (Å²) in [5.74, 6) is -1.61. The molecule has 1 rings (SSSR count). The first-order valence-electron chi connectivity index (χ1n) is 6.45. The largest absolute Gasteiger partial charge is 0.495 e. The third kappa shape index (κ3) is 4.09. The van der Waals surface area contributed by atoms with E-state index in [1.165, 1.54) is 20.3 Å². The van der Waals surface area contributed by atoms with Gasteiger partial charge in [0.1, 0.15) is 24.1 Å². The summed E-state index contributed by atoms with van der Waals surface area (Å²) in [4.78, 5) is 24.8. The average molecular weight is 332 g/mol. The van der Waals surface area contributed by atoms with E-state index in [0.717, 1.165) is 4.90 Å². The van der Waals surface area contributed by atoms with Gasteiger partial charge in [0.2, 0.25) is 0 Å². The van der Waals surface area contributed by atoms with Gasteiger partial charge in [0.05, 0.1) is 12.1 Å². The van der Waals surface area contributed by atoms with Crippen molar-refractivity contribution in [1.29, 1.82) is 0 Å². The molecule has 1 aromatic carbocycles. The molecule has 0 aliphatic rings. The zero-order valence-electron chi connectivity index (χ0n) is 12.3. The number of nitrogens with zero attached hydrogens (tertiary/aromatic N) is 1. The molecule has 8 heteroatoms. The number of amides is 1. The molecular formula is C14H18ClNO6. The van der Waals surface area contributed by atoms with Gasteiger partial charge in [-0.15, -0.1) is 0 Å². The minimum absolute atomic E-state index is 0.134. The monoisotopic (exact) mass is 331 g/mol. The predicted molar refractivity (Wildman–Crippen MR) is 80.5 cm³/mol. The lowest BCUT2D eigenvalue weighted by atomic mass is 10.1. The van der Waals surface area contributed by atoms with Crippen LogP contribution in [0.25, 0.3) is 0 Å². The van der Waals surface area contributed by atoms with Gasteiger partial charge in [0.25, 0.3) is 5.91 Å². The Morgan fingerprint density at radius 3 is 2.55 bits per heavy atom. The van der Waals surface area contributed by atoms with Gasteiger partial charge < -0.3 is 19.7 Å². The van der Waals surface area contributed by atoms with Gasteiger partial charge in [-0.1, -0.05) is 17.7 Å². The number of anilines is 1. The Labute approximate surface area is 133 Å². The summed E-state index contributed by atoms with van der Waals surface area (Å²) in [6.45, 7) is -0.732. The quantitative estimate of drug-likeness (QED) is 0.742. The van der Waals surface area contributed by atoms with Crippen molar-refractivity contribution >= 4 is 29.2 Å². The maximum Gasteiger partial charge on any atom is 0.326 e. The Kier molecular flexibility index (Phi) is 7.10. The standard InChI is InChI=1S/C14H18ClNO6/c1-21-8-12(18)16(10(6-7-17)14(19)20)13-9(15)4-3-5-11(13)22-2/h3-5,10,17H,6-8H2,1-2H3,(H,19,20). The first-order valence-corrected chi connectivity index (χ1v) is 6.82. The summed E-state index contributed by atoms with van der Waals surface area (Å²) in [6.07, 6.45) is -0.154. The Hall–Kier alpha value is -1.83. The van der Waals surface area contributed by atoms with Crippen LogP contribution in [0.4, 0.5) is 5.69 Å². The zero-order valence-corrected chi connectivity index (χ0v) is 13.0. The number of ether oxygens (including phenoxy) is 2. The number of carbonyl (C=O) groups is 2. The summed E-state index contributed by atoms with van der Waals surface area (Å²) >= 11 is 6.13. The van der Waals surface area contributed by atoms with Gasteiger partial charge in [-0.05, 0) is 12.1 Å². The summed E-state index contributed by atoms with van der Waals surface area (Å²) in [6, 6.07) is 3.41. The van der Waals surface area contributed by atoms with E-state index in [-0.39, 0.29) is 29.5 Å². The Balaban J connectivity index is 3.43. The molecule has 0 aliphatic carbocycles. The smallest absolute Gasteiger partial charge is 0.326 e. The fraction of sp³-hybridized carbons (Fsp3) is 0.429. The normalized spacial score (nSPS) is 11.8. The SMILES string of the molecule is COCC(=O)N(c1c(Cl)cccc1OC)C(CCO)C(=O)O. The average Bonchev–Trinajstić information content (AvgIpc) is 2.48. The van der Waals surface area contributed by atoms with E-state index in [9.17, 15) is 14.7 Å². The molecule has 1 aromatic rings. The van der Waals surface area contributed by atoms with Crippen LogP contribution in [-0.4, -0.2) is 55.6 Å². The van der Waals surface area contributed by atoms with Crippen LogP contribution in [0.5, 0.6) is 5.75 Å². The third-order valence-electron chi connectivity index (χ3n) is 2.95. The molecule has 1 unspecified atom stereocenters. The molecule has 0 aromatic heterocycles. The van der Waals surface area contributed by atoms with Crippen molar-refractivity contribution in [3.05, 3.63) is 23.2 Å². The molecule has 1 atom stereocenters. The number of halogens is 1. The highest BCUT2D eigenvalue weighted by atomic mass is 35.5. The lowest BCUT2D eigenvalue weighted by molar-refractivity contribution is -0.141. The van der Waals surface area contributed by atoms with E-state index in [4.69, 9.17) is 26.2 Å². The highest BCUT2D eigenvalue weighted by molar-refractivity contribution is 6.34. The van der Waals surface area contributed by atoms with E-state index in [0.29, 0.717) is 0 Å². The number of carboxylic acids is 1. The van der Waals surface area contributed by atoms with E-state index >= 15 is 0 Å². The van der Waals surface area contributed by atoms with E-state index in [1.807, 2.05) is 0 Å². The van der Waals surface area contributed by atoms with Crippen molar-refractivity contribution in [3.63, 3.8) is 0 Å². The van der Waals surface area contributed by atoms with Crippen molar-refractivity contribution < 1.29 is 29.3 Å². The van der Waals surface area contributed by atoms with Crippen LogP contribution in [0.1, 0.15) is 6.42 Å². The Bertz CT molecular complexity index is 536. The van der Waals surface area contributed by atoms with Crippen LogP contribution in [0.3, 0.4) is 0 Å². The number of carbonyl (C=O) groups excluding carboxylic acids is 1. The first kappa shape index (κ1) is 18.2. The molecule has 0 spiro atoms. The second-order valence-corrected chi connectivity index (χ2v) is 4.76. The van der Waals surface area contributed by atoms with E-state index in [2.05, 4.69) is 0 Å². The summed E-state index contributed by atoms with van der Waals surface area (Å²) in [5, 5.41) is 18.6. The molecule has 7 nitrogen and oxygen atoms in total. The number of methoxy groups -OCH3 is 2. The molecule has 0 radical (unpaired) electrons. The number of hydrogen-bond donors (Lipinski definition) is 2. The number of hydrogen-bond acceptors (Lipinski definition) is 5. The Morgan fingerprint density at radius 1 is 1.36 bits per heavy atom. The fourth-order valence-electron chi connectivity index (χ4n) is 2.03. The maximum atomic E-state index is 12.3. The minimum Gasteiger partial charge on any atom is -0.495 e. The molecule has 1 amide bonds. The summed E-state index contributed by atoms with van der Waals surface area (Å²) in [7, 11) is 2.71. The van der Waals surface area contributed by atoms with Crippen molar-refractivity contribution in [3.8, 4) is 5.75 Å². The number of carboxylic acid groups (broad SMARTS) is 1. The molecule has 0 saturated heterocycles. The van der Waals surface area contributed by atoms with Gasteiger partial charge in [-0.2, -0.15) is 0 Å². The van der Waals surface area contributed by atoms with Gasteiger partial charge in [0.15, 0.2) is 0 Å². The zero-order chi connectivity index (χ0) is 16.7. The van der Waals surface area contributed by atoms with Crippen molar-refractivity contribution in [2.75, 3.05) is 32.3 Å². The van der Waals surface area contributed by atoms with Gasteiger partial charge in [0, 0.05) is 20.1 Å². The predicted octanol–water partition coefficient (Wildman–Crippen LogP) is 1.16. The molecule has 122 valence electrons. The molecular weight excluding hydrogens is 314 g/mol. The highest BCUT2D eigenvalue weighted by Gasteiger charge is 2.33. The van der Waals surface area contributed by atoms with E-state index in [1.54, 1.807) is 12.1 Å². The van der Waals surface area contributed by atoms with E-state index < -0.39 is 24.5 Å². The highest BCUT2D eigenvalue weighted by Crippen LogP contribution is 2.37. The molecule has 22 heavy (non-hydrogen) atoms. The number of aliphatic hydroxyl groups is 1. The van der Waals surface area contributed by atoms with Gasteiger partial charge in [-0.3, -0.25) is 9.69 Å². The number of aliphatic carboxylic acids is 1. The van der Waals surface area contributed by atoms with Crippen LogP contribution in [-0.2, 0) is 14.3 Å². The van der Waals surface area contributed by atoms with Crippen LogP contribution >= 0.6 is 11.6 Å². The lowest BCUT2D eigenvalue weighted by Gasteiger charge is -2.30. The maximum absolute atomic E-state index is 12.3. The molecule has 0 heterocycles. The van der Waals surface area contributed by atoms with Crippen molar-refractivity contribution in [1.82, 2.24) is 0 Å². The fourth-order valence-corrected chi connectivity index (χ4v) is 2.28. The summed E-state index contributed by atoms with van der Waals surface area (Å²) < 4.78 is 9.97. The van der Waals surface area contributed by atoms with Gasteiger partial charge >= 0.3 is 5.97 Å². The van der Waals surface area contributed by atoms with Crippen LogP contribution in [0.2, 0.25) is 5.02 Å². The third-order valence-corrected chi connectivity index (χ3v) is 3.25. The lowest BCUT2D eigenvalue weighted by Crippen LogP contribution is -2.47. The van der Waals surface area contributed by atoms with Crippen LogP contribution < -0.4 is 9.64 Å². The molecule has 0 fully saturated rings. The number of benzene rings is 1. The Morgan fingerprint density at radius 2 is 2.05 bits per heavy atom. The topological polar surface area (TPSA) is 96.3 Å². The summed E-state index contributed by atoms with van der Waals surface area (Å²) in [5.41, 5.74) is 0.134. The number of para-hydroxylation sites is 1. The van der Waals surface area contributed by atoms with Crippen molar-refractivity contribution in [2.24, 2.45) is 0 Å². The number of rotatable bonds is 8. The molecule has 0 aliphatic heterocycles. The molecule has 0 saturated carbocycles. The van der Waals surface area contributed by atoms with Gasteiger partial charge in [-0.25, -0.2) is 4.79 Å². The minimum atomic E-state index is -1.29. The second-order valence-electron chi connectivity index (χ2n) is 4.35. The van der Waals surface area contributed by atoms with Crippen LogP contribution in [0.15, 0.2) is 18.2 Å². The van der Waals surface area contributed by atoms with Crippen LogP contribution in [0, 0.1) is 0 Å². The second kappa shape index (κ2) is 8.57. The molecule has 2 N–H and O–H groups in total. The number of aliphatic hydroxyl groups excluding tert-OH is 1.